The molecule has 0 N–H and O–H groups in total. The Labute approximate surface area is 55.3 Å². The van der Waals surface area contributed by atoms with E-state index in [-0.39, 0.29) is 5.13 Å². The largest absolute Gasteiger partial charge is 0.423 e. The average Bonchev–Trinajstić information content (AvgIpc) is 2.14. The van der Waals surface area contributed by atoms with Gasteiger partial charge < -0.3 is 10.1 Å². The Balaban J connectivity index is 2.98. The average molecular weight is 144 g/mol. The molecule has 0 amide bonds. The number of hydrogen-bond acceptors (Lipinski definition) is 4. The molecule has 0 unspecified atom stereocenters. The summed E-state index contributed by atoms with van der Waals surface area (Å²) in [5.41, 5.74) is 0. The van der Waals surface area contributed by atoms with Gasteiger partial charge in [0.2, 0.25) is 0 Å². The number of nitro groups is 1. The lowest BCUT2D eigenvalue weighted by Gasteiger charge is -1.81. The van der Waals surface area contributed by atoms with Crippen LogP contribution >= 0.6 is 11.3 Å². The Kier molecular flexibility index (Phi) is 1.44. The van der Waals surface area contributed by atoms with Gasteiger partial charge >= 0.3 is 5.13 Å². The van der Waals surface area contributed by atoms with E-state index >= 15 is 0 Å². The molecule has 4 nitrogen and oxygen atoms in total. The van der Waals surface area contributed by atoms with E-state index in [1.165, 1.54) is 6.20 Å². The lowest BCUT2D eigenvalue weighted by atomic mass is 10.7. The van der Waals surface area contributed by atoms with Crippen molar-refractivity contribution in [2.75, 3.05) is 0 Å². The molecule has 0 saturated heterocycles. The first-order valence-electron chi connectivity index (χ1n) is 2.27. The molecule has 0 atom stereocenters. The second-order valence-electron chi connectivity index (χ2n) is 1.51. The van der Waals surface area contributed by atoms with Crippen molar-refractivity contribution in [1.82, 2.24) is 4.98 Å². The van der Waals surface area contributed by atoms with Crippen LogP contribution in [0.4, 0.5) is 5.13 Å². The van der Waals surface area contributed by atoms with Crippen LogP contribution in [-0.4, -0.2) is 9.91 Å². The van der Waals surface area contributed by atoms with Gasteiger partial charge in [0.15, 0.2) is 6.20 Å². The molecule has 0 aliphatic carbocycles. The van der Waals surface area contributed by atoms with Crippen molar-refractivity contribution in [3.8, 4) is 0 Å². The summed E-state index contributed by atoms with van der Waals surface area (Å²) in [5.74, 6) is 0. The highest BCUT2D eigenvalue weighted by atomic mass is 32.1. The Morgan fingerprint density at radius 3 is 2.78 bits per heavy atom. The summed E-state index contributed by atoms with van der Waals surface area (Å²) in [4.78, 5) is 13.9. The van der Waals surface area contributed by atoms with E-state index in [1.54, 1.807) is 6.92 Å². The first kappa shape index (κ1) is 6.15. The molecule has 0 spiro atoms. The highest BCUT2D eigenvalue weighted by molar-refractivity contribution is 7.14. The zero-order valence-electron chi connectivity index (χ0n) is 4.70. The number of thiazole rings is 1. The van der Waals surface area contributed by atoms with E-state index in [9.17, 15) is 10.1 Å². The zero-order valence-corrected chi connectivity index (χ0v) is 5.51. The van der Waals surface area contributed by atoms with Crippen molar-refractivity contribution in [1.29, 1.82) is 0 Å². The second-order valence-corrected chi connectivity index (χ2v) is 2.72. The Hall–Kier alpha value is -0.970. The van der Waals surface area contributed by atoms with E-state index in [0.29, 0.717) is 0 Å². The maximum atomic E-state index is 9.97. The van der Waals surface area contributed by atoms with Gasteiger partial charge in [-0.2, -0.15) is 0 Å². The van der Waals surface area contributed by atoms with Gasteiger partial charge in [-0.25, -0.2) is 0 Å². The highest BCUT2D eigenvalue weighted by Crippen LogP contribution is 2.17. The molecule has 1 aromatic rings. The van der Waals surface area contributed by atoms with Gasteiger partial charge in [-0.1, -0.05) is 0 Å². The molecular weight excluding hydrogens is 140 g/mol. The Morgan fingerprint density at radius 2 is 2.56 bits per heavy atom. The Bertz CT molecular complexity index is 232. The molecule has 0 aliphatic rings. The molecule has 0 aromatic carbocycles. The van der Waals surface area contributed by atoms with Gasteiger partial charge in [0.25, 0.3) is 0 Å². The molecule has 0 fully saturated rings. The van der Waals surface area contributed by atoms with Crippen LogP contribution in [0.1, 0.15) is 4.88 Å². The minimum atomic E-state index is -0.488. The lowest BCUT2D eigenvalue weighted by molar-refractivity contribution is -0.384. The first-order chi connectivity index (χ1) is 4.20. The van der Waals surface area contributed by atoms with Crippen molar-refractivity contribution >= 4 is 16.5 Å². The highest BCUT2D eigenvalue weighted by Gasteiger charge is 2.08. The minimum Gasteiger partial charge on any atom is -0.357 e. The third kappa shape index (κ3) is 1.23. The summed E-state index contributed by atoms with van der Waals surface area (Å²) in [7, 11) is 0. The summed E-state index contributed by atoms with van der Waals surface area (Å²) >= 11 is 1.09. The maximum absolute atomic E-state index is 9.97. The topological polar surface area (TPSA) is 56.0 Å². The van der Waals surface area contributed by atoms with E-state index < -0.39 is 4.92 Å². The van der Waals surface area contributed by atoms with Gasteiger partial charge in [-0.15, -0.1) is 0 Å². The number of aromatic nitrogens is 1. The monoisotopic (exact) mass is 144 g/mol. The second kappa shape index (κ2) is 2.10. The van der Waals surface area contributed by atoms with Crippen LogP contribution in [0.3, 0.4) is 0 Å². The van der Waals surface area contributed by atoms with E-state index in [4.69, 9.17) is 0 Å². The van der Waals surface area contributed by atoms with E-state index in [2.05, 4.69) is 4.98 Å². The van der Waals surface area contributed by atoms with Gasteiger partial charge in [0.05, 0.1) is 4.88 Å². The quantitative estimate of drug-likeness (QED) is 0.441. The van der Waals surface area contributed by atoms with Crippen LogP contribution in [0.5, 0.6) is 0 Å². The van der Waals surface area contributed by atoms with Gasteiger partial charge in [-0.3, -0.25) is 0 Å². The standard InChI is InChI=1S/C4H4N2O2S/c1-3-2-5-4(9-3)6(7)8/h2H,1H3. The number of rotatable bonds is 1. The molecule has 1 aromatic heterocycles. The molecule has 0 aliphatic heterocycles. The van der Waals surface area contributed by atoms with Crippen molar-refractivity contribution in [3.05, 3.63) is 21.2 Å². The van der Waals surface area contributed by atoms with Crippen LogP contribution in [0.15, 0.2) is 6.20 Å². The predicted octanol–water partition coefficient (Wildman–Crippen LogP) is 1.36. The first-order valence-corrected chi connectivity index (χ1v) is 3.08. The third-order valence-electron chi connectivity index (χ3n) is 0.765. The fraction of sp³-hybridized carbons (Fsp3) is 0.250. The molecule has 5 heteroatoms. The SMILES string of the molecule is Cc1cnc([N+](=O)[O-])s1. The summed E-state index contributed by atoms with van der Waals surface area (Å²) in [6, 6.07) is 0. The fourth-order valence-electron chi connectivity index (χ4n) is 0.427. The van der Waals surface area contributed by atoms with Crippen molar-refractivity contribution < 1.29 is 4.92 Å². The van der Waals surface area contributed by atoms with Crippen molar-refractivity contribution in [3.63, 3.8) is 0 Å². The third-order valence-corrected chi connectivity index (χ3v) is 1.63. The summed E-state index contributed by atoms with van der Waals surface area (Å²) < 4.78 is 0. The van der Waals surface area contributed by atoms with Crippen LogP contribution in [0.25, 0.3) is 0 Å². The fourth-order valence-corrected chi connectivity index (χ4v) is 1.00. The van der Waals surface area contributed by atoms with E-state index in [1.807, 2.05) is 0 Å². The molecule has 1 heterocycles. The normalized spacial score (nSPS) is 9.44. The minimum absolute atomic E-state index is 0.0347. The van der Waals surface area contributed by atoms with Gasteiger partial charge in [0.1, 0.15) is 0 Å². The van der Waals surface area contributed by atoms with Crippen molar-refractivity contribution in [2.24, 2.45) is 0 Å². The Morgan fingerprint density at radius 1 is 1.89 bits per heavy atom. The number of aryl methyl sites for hydroxylation is 1. The molecule has 48 valence electrons. The molecule has 0 radical (unpaired) electrons. The van der Waals surface area contributed by atoms with Crippen LogP contribution in [-0.2, 0) is 0 Å². The summed E-state index contributed by atoms with van der Waals surface area (Å²) in [6.45, 7) is 1.78. The summed E-state index contributed by atoms with van der Waals surface area (Å²) in [6.07, 6.45) is 1.49. The van der Waals surface area contributed by atoms with E-state index in [0.717, 1.165) is 16.2 Å². The molecule has 0 bridgehead atoms. The number of hydrogen-bond donors (Lipinski definition) is 0. The van der Waals surface area contributed by atoms with Gasteiger partial charge in [0, 0.05) is 0 Å². The van der Waals surface area contributed by atoms with Crippen LogP contribution in [0, 0.1) is 17.0 Å². The van der Waals surface area contributed by atoms with Gasteiger partial charge in [-0.05, 0) is 28.2 Å². The molecule has 9 heavy (non-hydrogen) atoms. The number of nitrogens with zero attached hydrogens (tertiary/aromatic N) is 2. The maximum Gasteiger partial charge on any atom is 0.423 e. The lowest BCUT2D eigenvalue weighted by Crippen LogP contribution is -1.83. The molecule has 1 rings (SSSR count). The van der Waals surface area contributed by atoms with Crippen molar-refractivity contribution in [2.45, 2.75) is 6.92 Å². The van der Waals surface area contributed by atoms with Crippen LogP contribution < -0.4 is 0 Å². The van der Waals surface area contributed by atoms with Crippen LogP contribution in [0.2, 0.25) is 0 Å². The zero-order chi connectivity index (χ0) is 6.85. The smallest absolute Gasteiger partial charge is 0.357 e. The molecular formula is C4H4N2O2S. The summed E-state index contributed by atoms with van der Waals surface area (Å²) in [5, 5.41) is 9.93. The predicted molar refractivity (Wildman–Crippen MR) is 33.5 cm³/mol. The molecule has 0 saturated carbocycles.